The van der Waals surface area contributed by atoms with Gasteiger partial charge in [-0.2, -0.15) is 8.78 Å². The van der Waals surface area contributed by atoms with Crippen molar-refractivity contribution in [1.29, 1.82) is 0 Å². The molecule has 0 spiro atoms. The minimum absolute atomic E-state index is 0.116. The molecule has 0 heterocycles. The largest absolute Gasteiger partial charge is 0.389 e. The monoisotopic (exact) mass is 280 g/mol. The first-order valence-electron chi connectivity index (χ1n) is 4.42. The number of sulfonamides is 1. The Morgan fingerprint density at radius 2 is 1.82 bits per heavy atom. The lowest BCUT2D eigenvalue weighted by Crippen LogP contribution is -2.31. The normalized spacial score (nSPS) is 11.5. The minimum atomic E-state index is -4.63. The van der Waals surface area contributed by atoms with Gasteiger partial charge in [0.15, 0.2) is 0 Å². The molecule has 0 aromatic heterocycles. The van der Waals surface area contributed by atoms with Gasteiger partial charge in [-0.15, -0.1) is 0 Å². The maximum atomic E-state index is 12.3. The first-order chi connectivity index (χ1) is 7.76. The Kier molecular flexibility index (Phi) is 3.99. The summed E-state index contributed by atoms with van der Waals surface area (Å²) in [5.74, 6) is -3.46. The van der Waals surface area contributed by atoms with Gasteiger partial charge in [0.25, 0.3) is 10.0 Å². The molecule has 0 unspecified atom stereocenters. The number of hydrogen-bond donors (Lipinski definition) is 1. The second-order valence-corrected chi connectivity index (χ2v) is 5.56. The lowest BCUT2D eigenvalue weighted by atomic mass is 10.2. The van der Waals surface area contributed by atoms with Crippen molar-refractivity contribution in [3.8, 4) is 0 Å². The van der Waals surface area contributed by atoms with E-state index in [1.54, 1.807) is 0 Å². The molecule has 0 saturated carbocycles. The molecule has 94 valence electrons. The van der Waals surface area contributed by atoms with Crippen molar-refractivity contribution in [2.24, 2.45) is 5.73 Å². The Morgan fingerprint density at radius 1 is 1.35 bits per heavy atom. The van der Waals surface area contributed by atoms with Crippen LogP contribution < -0.4 is 10.0 Å². The molecule has 1 aromatic carbocycles. The number of halogens is 2. The second kappa shape index (κ2) is 4.92. The van der Waals surface area contributed by atoms with Crippen molar-refractivity contribution in [2.75, 3.05) is 11.4 Å². The Labute approximate surface area is 103 Å². The smallest absolute Gasteiger partial charge is 0.355 e. The molecule has 0 radical (unpaired) electrons. The van der Waals surface area contributed by atoms with Gasteiger partial charge in [0.1, 0.15) is 4.99 Å². The maximum Gasteiger partial charge on any atom is 0.355 e. The van der Waals surface area contributed by atoms with E-state index in [4.69, 9.17) is 18.0 Å². The van der Waals surface area contributed by atoms with Crippen molar-refractivity contribution in [3.63, 3.8) is 0 Å². The van der Waals surface area contributed by atoms with E-state index in [1.165, 1.54) is 24.3 Å². The quantitative estimate of drug-likeness (QED) is 0.845. The zero-order valence-electron chi connectivity index (χ0n) is 8.80. The van der Waals surface area contributed by atoms with Crippen LogP contribution in [0.1, 0.15) is 5.56 Å². The highest BCUT2D eigenvalue weighted by molar-refractivity contribution is 7.93. The van der Waals surface area contributed by atoms with Crippen LogP contribution in [0.5, 0.6) is 0 Å². The van der Waals surface area contributed by atoms with Gasteiger partial charge in [0.2, 0.25) is 0 Å². The van der Waals surface area contributed by atoms with Crippen LogP contribution in [-0.4, -0.2) is 26.2 Å². The average Bonchev–Trinajstić information content (AvgIpc) is 2.27. The number of hydrogen-bond acceptors (Lipinski definition) is 3. The van der Waals surface area contributed by atoms with Crippen molar-refractivity contribution < 1.29 is 17.2 Å². The Morgan fingerprint density at radius 3 is 2.18 bits per heavy atom. The summed E-state index contributed by atoms with van der Waals surface area (Å²) in [7, 11) is -3.57. The Hall–Kier alpha value is -1.28. The third-order valence-corrected chi connectivity index (χ3v) is 3.78. The van der Waals surface area contributed by atoms with Crippen LogP contribution in [0, 0.1) is 0 Å². The van der Waals surface area contributed by atoms with E-state index in [1.807, 2.05) is 0 Å². The molecule has 4 nitrogen and oxygen atoms in total. The number of alkyl halides is 2. The number of anilines is 1. The highest BCUT2D eigenvalue weighted by Crippen LogP contribution is 2.20. The van der Waals surface area contributed by atoms with Crippen molar-refractivity contribution in [1.82, 2.24) is 0 Å². The first kappa shape index (κ1) is 13.8. The fraction of sp³-hybridized carbons (Fsp3) is 0.222. The van der Waals surface area contributed by atoms with E-state index in [2.05, 4.69) is 0 Å². The van der Waals surface area contributed by atoms with Gasteiger partial charge in [0.05, 0.1) is 5.69 Å². The van der Waals surface area contributed by atoms with Crippen LogP contribution >= 0.6 is 12.2 Å². The predicted molar refractivity (Wildman–Crippen MR) is 65.7 cm³/mol. The molecule has 0 amide bonds. The van der Waals surface area contributed by atoms with Crippen LogP contribution in [0.3, 0.4) is 0 Å². The van der Waals surface area contributed by atoms with Gasteiger partial charge >= 0.3 is 5.76 Å². The van der Waals surface area contributed by atoms with Gasteiger partial charge in [-0.05, 0) is 24.3 Å². The summed E-state index contributed by atoms with van der Waals surface area (Å²) in [4.78, 5) is 0.149. The molecule has 0 atom stereocenters. The molecule has 0 fully saturated rings. The molecule has 8 heteroatoms. The van der Waals surface area contributed by atoms with E-state index >= 15 is 0 Å². The molecule has 0 bridgehead atoms. The van der Waals surface area contributed by atoms with Crippen molar-refractivity contribution in [3.05, 3.63) is 29.8 Å². The van der Waals surface area contributed by atoms with E-state index in [9.17, 15) is 17.2 Å². The highest BCUT2D eigenvalue weighted by atomic mass is 32.2. The summed E-state index contributed by atoms with van der Waals surface area (Å²) < 4.78 is 47.4. The van der Waals surface area contributed by atoms with Gasteiger partial charge in [-0.3, -0.25) is 4.31 Å². The molecule has 17 heavy (non-hydrogen) atoms. The van der Waals surface area contributed by atoms with Crippen LogP contribution in [0.4, 0.5) is 14.5 Å². The third kappa shape index (κ3) is 2.89. The maximum absolute atomic E-state index is 12.3. The SMILES string of the molecule is CN(c1ccc(C(N)=S)cc1)S(=O)(=O)C(F)F. The number of nitrogens with zero attached hydrogens (tertiary/aromatic N) is 1. The van der Waals surface area contributed by atoms with Crippen LogP contribution in [0.2, 0.25) is 0 Å². The number of benzene rings is 1. The molecule has 0 saturated heterocycles. The van der Waals surface area contributed by atoms with Gasteiger partial charge in [-0.25, -0.2) is 8.42 Å². The van der Waals surface area contributed by atoms with Gasteiger partial charge in [0, 0.05) is 12.6 Å². The molecule has 0 aliphatic rings. The Balaban J connectivity index is 3.06. The zero-order valence-corrected chi connectivity index (χ0v) is 10.4. The summed E-state index contributed by atoms with van der Waals surface area (Å²) in [6, 6.07) is 5.65. The lowest BCUT2D eigenvalue weighted by molar-refractivity contribution is 0.234. The summed E-state index contributed by atoms with van der Waals surface area (Å²) >= 11 is 4.71. The summed E-state index contributed by atoms with van der Waals surface area (Å²) in [6.45, 7) is 0. The van der Waals surface area contributed by atoms with E-state index < -0.39 is 15.8 Å². The molecule has 0 aliphatic carbocycles. The van der Waals surface area contributed by atoms with E-state index in [0.29, 0.717) is 9.87 Å². The number of rotatable bonds is 4. The minimum Gasteiger partial charge on any atom is -0.389 e. The second-order valence-electron chi connectivity index (χ2n) is 3.18. The summed E-state index contributed by atoms with van der Waals surface area (Å²) in [6.07, 6.45) is 0. The highest BCUT2D eigenvalue weighted by Gasteiger charge is 2.29. The van der Waals surface area contributed by atoms with E-state index in [0.717, 1.165) is 7.05 Å². The lowest BCUT2D eigenvalue weighted by Gasteiger charge is -2.18. The predicted octanol–water partition coefficient (Wildman–Crippen LogP) is 1.31. The average molecular weight is 280 g/mol. The molecule has 2 N–H and O–H groups in total. The zero-order chi connectivity index (χ0) is 13.2. The molecule has 1 rings (SSSR count). The number of nitrogens with two attached hydrogens (primary N) is 1. The van der Waals surface area contributed by atoms with Crippen molar-refractivity contribution >= 4 is 32.9 Å². The fourth-order valence-electron chi connectivity index (χ4n) is 1.10. The molecule has 1 aromatic rings. The van der Waals surface area contributed by atoms with Gasteiger partial charge in [-0.1, -0.05) is 12.2 Å². The molecule has 0 aliphatic heterocycles. The first-order valence-corrected chi connectivity index (χ1v) is 6.33. The molecular formula is C9H10F2N2O2S2. The topological polar surface area (TPSA) is 63.4 Å². The molecular weight excluding hydrogens is 270 g/mol. The van der Waals surface area contributed by atoms with Gasteiger partial charge < -0.3 is 5.73 Å². The Bertz CT molecular complexity index is 514. The van der Waals surface area contributed by atoms with E-state index in [-0.39, 0.29) is 10.7 Å². The third-order valence-electron chi connectivity index (χ3n) is 2.12. The fourth-order valence-corrected chi connectivity index (χ4v) is 1.89. The summed E-state index contributed by atoms with van der Waals surface area (Å²) in [5.41, 5.74) is 6.00. The van der Waals surface area contributed by atoms with Crippen molar-refractivity contribution in [2.45, 2.75) is 5.76 Å². The number of thiocarbonyl (C=S) groups is 1. The van der Waals surface area contributed by atoms with Crippen LogP contribution in [0.25, 0.3) is 0 Å². The van der Waals surface area contributed by atoms with Crippen LogP contribution in [-0.2, 0) is 10.0 Å². The summed E-state index contributed by atoms with van der Waals surface area (Å²) in [5, 5.41) is 0. The standard InChI is InChI=1S/C9H10F2N2O2S2/c1-13(17(14,15)9(10)11)7-4-2-6(3-5-7)8(12)16/h2-5,9H,1H3,(H2,12,16). The van der Waals surface area contributed by atoms with Crippen LogP contribution in [0.15, 0.2) is 24.3 Å².